The van der Waals surface area contributed by atoms with Gasteiger partial charge in [-0.15, -0.1) is 0 Å². The van der Waals surface area contributed by atoms with E-state index in [1.807, 2.05) is 0 Å². The molecule has 0 saturated carbocycles. The van der Waals surface area contributed by atoms with Crippen molar-refractivity contribution >= 4 is 5.71 Å². The molecule has 1 heterocycles. The lowest BCUT2D eigenvalue weighted by molar-refractivity contribution is 0.120. The Labute approximate surface area is 85.9 Å². The van der Waals surface area contributed by atoms with Crippen molar-refractivity contribution in [3.8, 4) is 0 Å². The Kier molecular flexibility index (Phi) is 2.49. The lowest BCUT2D eigenvalue weighted by atomic mass is 10.0. The second kappa shape index (κ2) is 3.81. The van der Waals surface area contributed by atoms with Crippen LogP contribution in [0.4, 0.5) is 8.78 Å². The van der Waals surface area contributed by atoms with Gasteiger partial charge in [0.25, 0.3) is 0 Å². The minimum atomic E-state index is -0.616. The van der Waals surface area contributed by atoms with Crippen molar-refractivity contribution < 1.29 is 13.6 Å². The first-order valence-corrected chi connectivity index (χ1v) is 4.51. The van der Waals surface area contributed by atoms with E-state index in [2.05, 4.69) is 11.7 Å². The molecule has 0 aromatic heterocycles. The third-order valence-electron chi connectivity index (χ3n) is 2.15. The topological polar surface area (TPSA) is 21.6 Å². The van der Waals surface area contributed by atoms with Crippen LogP contribution in [0.15, 0.2) is 36.0 Å². The van der Waals surface area contributed by atoms with E-state index < -0.39 is 11.6 Å². The summed E-state index contributed by atoms with van der Waals surface area (Å²) < 4.78 is 25.8. The van der Waals surface area contributed by atoms with Crippen LogP contribution in [-0.4, -0.2) is 11.8 Å². The van der Waals surface area contributed by atoms with Gasteiger partial charge in [0.15, 0.2) is 6.10 Å². The summed E-state index contributed by atoms with van der Waals surface area (Å²) in [7, 11) is 0. The molecule has 0 fully saturated rings. The normalized spacial score (nSPS) is 19.6. The van der Waals surface area contributed by atoms with Crippen LogP contribution in [0.5, 0.6) is 0 Å². The Hall–Kier alpha value is -1.71. The predicted molar refractivity (Wildman–Crippen MR) is 52.6 cm³/mol. The quantitative estimate of drug-likeness (QED) is 0.686. The third-order valence-corrected chi connectivity index (χ3v) is 2.15. The number of halogens is 2. The van der Waals surface area contributed by atoms with Crippen LogP contribution in [0.3, 0.4) is 0 Å². The zero-order chi connectivity index (χ0) is 10.8. The molecule has 15 heavy (non-hydrogen) atoms. The van der Waals surface area contributed by atoms with Gasteiger partial charge in [-0.2, -0.15) is 0 Å². The van der Waals surface area contributed by atoms with Gasteiger partial charge >= 0.3 is 0 Å². The fourth-order valence-electron chi connectivity index (χ4n) is 1.41. The standard InChI is InChI=1S/C11H9F2NO/c1-2-10-6-11(14-15-10)7-3-8(12)5-9(13)4-7/h2-5,10H,1,6H2/t10-/m1/s1. The average molecular weight is 209 g/mol. The molecule has 1 aromatic carbocycles. The molecule has 0 aliphatic carbocycles. The molecule has 0 radical (unpaired) electrons. The van der Waals surface area contributed by atoms with Crippen molar-refractivity contribution in [3.05, 3.63) is 48.1 Å². The largest absolute Gasteiger partial charge is 0.388 e. The molecule has 0 amide bonds. The molecule has 78 valence electrons. The van der Waals surface area contributed by atoms with Gasteiger partial charge in [-0.25, -0.2) is 8.78 Å². The molecule has 0 N–H and O–H groups in total. The Balaban J connectivity index is 2.27. The highest BCUT2D eigenvalue weighted by Crippen LogP contribution is 2.18. The first-order valence-electron chi connectivity index (χ1n) is 4.51. The summed E-state index contributed by atoms with van der Waals surface area (Å²) in [4.78, 5) is 4.97. The molecule has 0 spiro atoms. The maximum Gasteiger partial charge on any atom is 0.151 e. The van der Waals surface area contributed by atoms with E-state index in [9.17, 15) is 8.78 Å². The molecule has 0 saturated heterocycles. The van der Waals surface area contributed by atoms with Crippen molar-refractivity contribution in [2.75, 3.05) is 0 Å². The Morgan fingerprint density at radius 3 is 2.53 bits per heavy atom. The van der Waals surface area contributed by atoms with E-state index >= 15 is 0 Å². The summed E-state index contributed by atoms with van der Waals surface area (Å²) in [5.41, 5.74) is 0.954. The molecule has 0 unspecified atom stereocenters. The van der Waals surface area contributed by atoms with Crippen LogP contribution in [0.1, 0.15) is 12.0 Å². The van der Waals surface area contributed by atoms with E-state index in [0.29, 0.717) is 17.7 Å². The lowest BCUT2D eigenvalue weighted by Crippen LogP contribution is -2.05. The van der Waals surface area contributed by atoms with Crippen molar-refractivity contribution in [2.24, 2.45) is 5.16 Å². The highest BCUT2D eigenvalue weighted by molar-refractivity contribution is 6.01. The Bertz CT molecular complexity index is 408. The fraction of sp³-hybridized carbons (Fsp3) is 0.182. The highest BCUT2D eigenvalue weighted by atomic mass is 19.1. The van der Waals surface area contributed by atoms with Gasteiger partial charge < -0.3 is 4.84 Å². The molecule has 0 bridgehead atoms. The number of hydrogen-bond acceptors (Lipinski definition) is 2. The Morgan fingerprint density at radius 1 is 1.33 bits per heavy atom. The summed E-state index contributed by atoms with van der Waals surface area (Å²) in [6.07, 6.45) is 1.89. The summed E-state index contributed by atoms with van der Waals surface area (Å²) in [5, 5.41) is 3.75. The van der Waals surface area contributed by atoms with Gasteiger partial charge in [-0.3, -0.25) is 0 Å². The van der Waals surface area contributed by atoms with Crippen molar-refractivity contribution in [1.82, 2.24) is 0 Å². The Morgan fingerprint density at radius 2 is 2.00 bits per heavy atom. The highest BCUT2D eigenvalue weighted by Gasteiger charge is 2.20. The third kappa shape index (κ3) is 2.03. The molecule has 1 aliphatic rings. The van der Waals surface area contributed by atoms with Crippen molar-refractivity contribution in [3.63, 3.8) is 0 Å². The van der Waals surface area contributed by atoms with Gasteiger partial charge in [0.1, 0.15) is 11.6 Å². The molecule has 2 rings (SSSR count). The van der Waals surface area contributed by atoms with Gasteiger partial charge in [-0.1, -0.05) is 11.7 Å². The number of rotatable bonds is 2. The molecule has 1 aromatic rings. The second-order valence-electron chi connectivity index (χ2n) is 3.28. The van der Waals surface area contributed by atoms with E-state index in [1.54, 1.807) is 6.08 Å². The summed E-state index contributed by atoms with van der Waals surface area (Å²) in [6, 6.07) is 3.29. The van der Waals surface area contributed by atoms with Gasteiger partial charge in [0.2, 0.25) is 0 Å². The summed E-state index contributed by atoms with van der Waals surface area (Å²) in [5.74, 6) is -1.23. The minimum absolute atomic E-state index is 0.202. The first kappa shape index (κ1) is 9.83. The molecule has 4 heteroatoms. The number of oxime groups is 1. The summed E-state index contributed by atoms with van der Waals surface area (Å²) in [6.45, 7) is 3.56. The lowest BCUT2D eigenvalue weighted by Gasteiger charge is -2.00. The maximum absolute atomic E-state index is 12.9. The van der Waals surface area contributed by atoms with Gasteiger partial charge in [0.05, 0.1) is 5.71 Å². The van der Waals surface area contributed by atoms with E-state index in [1.165, 1.54) is 12.1 Å². The molecular weight excluding hydrogens is 200 g/mol. The predicted octanol–water partition coefficient (Wildman–Crippen LogP) is 2.64. The van der Waals surface area contributed by atoms with Crippen LogP contribution >= 0.6 is 0 Å². The van der Waals surface area contributed by atoms with Crippen LogP contribution < -0.4 is 0 Å². The molecule has 1 aliphatic heterocycles. The van der Waals surface area contributed by atoms with Crippen molar-refractivity contribution in [2.45, 2.75) is 12.5 Å². The zero-order valence-corrected chi connectivity index (χ0v) is 7.91. The smallest absolute Gasteiger partial charge is 0.151 e. The molecule has 2 nitrogen and oxygen atoms in total. The van der Waals surface area contributed by atoms with Crippen LogP contribution in [0.2, 0.25) is 0 Å². The number of benzene rings is 1. The first-order chi connectivity index (χ1) is 7.19. The fourth-order valence-corrected chi connectivity index (χ4v) is 1.41. The van der Waals surface area contributed by atoms with Crippen LogP contribution in [0.25, 0.3) is 0 Å². The minimum Gasteiger partial charge on any atom is -0.388 e. The second-order valence-corrected chi connectivity index (χ2v) is 3.28. The van der Waals surface area contributed by atoms with Gasteiger partial charge in [0, 0.05) is 18.1 Å². The van der Waals surface area contributed by atoms with Crippen molar-refractivity contribution in [1.29, 1.82) is 0 Å². The average Bonchev–Trinajstić information content (AvgIpc) is 2.64. The maximum atomic E-state index is 12.9. The zero-order valence-electron chi connectivity index (χ0n) is 7.91. The van der Waals surface area contributed by atoms with Crippen LogP contribution in [-0.2, 0) is 4.84 Å². The summed E-state index contributed by atoms with van der Waals surface area (Å²) >= 11 is 0. The van der Waals surface area contributed by atoms with E-state index in [0.717, 1.165) is 6.07 Å². The van der Waals surface area contributed by atoms with Crippen LogP contribution in [0, 0.1) is 11.6 Å². The van der Waals surface area contributed by atoms with E-state index in [-0.39, 0.29) is 6.10 Å². The molecule has 1 atom stereocenters. The van der Waals surface area contributed by atoms with Gasteiger partial charge in [-0.05, 0) is 18.2 Å². The number of hydrogen-bond donors (Lipinski definition) is 0. The SMILES string of the molecule is C=C[C@@H]1CC(c2cc(F)cc(F)c2)=NO1. The molecular formula is C11H9F2NO. The number of nitrogens with zero attached hydrogens (tertiary/aromatic N) is 1. The monoisotopic (exact) mass is 209 g/mol. The van der Waals surface area contributed by atoms with E-state index in [4.69, 9.17) is 4.84 Å².